The van der Waals surface area contributed by atoms with E-state index >= 15 is 0 Å². The molecule has 1 saturated carbocycles. The normalized spacial score (nSPS) is 23.5. The molecule has 0 radical (unpaired) electrons. The fourth-order valence-corrected chi connectivity index (χ4v) is 3.86. The van der Waals surface area contributed by atoms with E-state index < -0.39 is 5.25 Å². The number of ketones is 1. The van der Waals surface area contributed by atoms with Crippen molar-refractivity contribution in [3.8, 4) is 0 Å². The summed E-state index contributed by atoms with van der Waals surface area (Å²) in [5.41, 5.74) is 1.20. The molecule has 0 aromatic heterocycles. The van der Waals surface area contributed by atoms with E-state index in [0.717, 1.165) is 12.8 Å². The van der Waals surface area contributed by atoms with Gasteiger partial charge in [-0.15, -0.1) is 11.8 Å². The third-order valence-electron chi connectivity index (χ3n) is 4.24. The lowest BCUT2D eigenvalue weighted by molar-refractivity contribution is -0.423. The van der Waals surface area contributed by atoms with Crippen LogP contribution in [0.3, 0.4) is 0 Å². The molecule has 4 rings (SSSR count). The van der Waals surface area contributed by atoms with Gasteiger partial charge in [0, 0.05) is 5.56 Å². The summed E-state index contributed by atoms with van der Waals surface area (Å²) in [6, 6.07) is 8.56. The number of nitrogens with zero attached hydrogens (tertiary/aromatic N) is 2. The van der Waals surface area contributed by atoms with Gasteiger partial charge in [-0.3, -0.25) is 4.79 Å². The van der Waals surface area contributed by atoms with Gasteiger partial charge in [0.2, 0.25) is 5.78 Å². The van der Waals surface area contributed by atoms with E-state index in [0.29, 0.717) is 11.3 Å². The Labute approximate surface area is 137 Å². The number of hydrogen-bond acceptors (Lipinski definition) is 4. The van der Waals surface area contributed by atoms with Gasteiger partial charge >= 0.3 is 11.9 Å². The molecule has 0 bridgehead atoms. The van der Waals surface area contributed by atoms with E-state index in [9.17, 15) is 14.4 Å². The van der Waals surface area contributed by atoms with Crippen LogP contribution in [0.15, 0.2) is 41.8 Å². The molecule has 116 valence electrons. The van der Waals surface area contributed by atoms with E-state index in [-0.39, 0.29) is 30.3 Å². The lowest BCUT2D eigenvalue weighted by Gasteiger charge is -2.24. The van der Waals surface area contributed by atoms with Gasteiger partial charge in [-0.1, -0.05) is 30.3 Å². The minimum absolute atomic E-state index is 0.00655. The summed E-state index contributed by atoms with van der Waals surface area (Å²) >= 11 is 1.40. The number of rotatable bonds is 4. The second-order valence-corrected chi connectivity index (χ2v) is 6.86. The molecule has 6 heteroatoms. The van der Waals surface area contributed by atoms with Crippen LogP contribution in [-0.2, 0) is 4.79 Å². The molecule has 5 nitrogen and oxygen atoms in total. The van der Waals surface area contributed by atoms with Crippen LogP contribution in [0.1, 0.15) is 23.2 Å². The minimum Gasteiger partial charge on any atom is -0.290 e. The molecule has 2 aliphatic heterocycles. The quantitative estimate of drug-likeness (QED) is 0.627. The van der Waals surface area contributed by atoms with Crippen LogP contribution in [0.25, 0.3) is 0 Å². The number of carbonyl (C=O) groups excluding carboxylic acids is 3. The van der Waals surface area contributed by atoms with Crippen LogP contribution in [0.5, 0.6) is 0 Å². The van der Waals surface area contributed by atoms with E-state index in [1.54, 1.807) is 30.3 Å². The van der Waals surface area contributed by atoms with Crippen LogP contribution < -0.4 is 0 Å². The molecule has 23 heavy (non-hydrogen) atoms. The Morgan fingerprint density at radius 2 is 1.96 bits per heavy atom. The van der Waals surface area contributed by atoms with Crippen molar-refractivity contribution >= 4 is 35.2 Å². The molecule has 3 amide bonds. The smallest absolute Gasteiger partial charge is 0.290 e. The van der Waals surface area contributed by atoms with Crippen molar-refractivity contribution in [3.63, 3.8) is 0 Å². The molecule has 2 heterocycles. The number of imide groups is 1. The van der Waals surface area contributed by atoms with E-state index in [4.69, 9.17) is 0 Å². The number of carbonyl (C=O) groups is 3. The van der Waals surface area contributed by atoms with Crippen molar-refractivity contribution in [2.75, 3.05) is 6.54 Å². The fourth-order valence-electron chi connectivity index (χ4n) is 2.91. The second kappa shape index (κ2) is 5.45. The number of amides is 3. The Balaban J connectivity index is 1.68. The van der Waals surface area contributed by atoms with Crippen molar-refractivity contribution in [2.45, 2.75) is 24.1 Å². The number of benzene rings is 1. The van der Waals surface area contributed by atoms with Crippen LogP contribution in [0, 0.1) is 0 Å². The standard InChI is InChI=1S/C17H15N2O3S/c20-14(11-4-2-1-3-5-11)10-18-13-8-9-23-15(13)16(21)19(17(18)22)12-6-7-12/h1-5,8-9,12,15H,6-7,10H2/q+1. The summed E-state index contributed by atoms with van der Waals surface area (Å²) < 4.78 is 1.47. The number of fused-ring (bicyclic) bond motifs is 1. The van der Waals surface area contributed by atoms with Crippen LogP contribution in [-0.4, -0.2) is 50.7 Å². The number of urea groups is 1. The summed E-state index contributed by atoms with van der Waals surface area (Å²) in [6.07, 6.45) is 3.49. The molecule has 1 fully saturated rings. The average Bonchev–Trinajstić information content (AvgIpc) is 3.27. The van der Waals surface area contributed by atoms with E-state index in [1.165, 1.54) is 21.2 Å². The SMILES string of the molecule is O=C(C[N+]1=C2C=CSC2C(=O)N(C2CC2)C1=O)c1ccccc1. The van der Waals surface area contributed by atoms with Crippen molar-refractivity contribution in [3.05, 3.63) is 47.4 Å². The Morgan fingerprint density at radius 3 is 2.65 bits per heavy atom. The summed E-state index contributed by atoms with van der Waals surface area (Å²) in [6.45, 7) is -0.0317. The molecule has 3 aliphatic rings. The Kier molecular flexibility index (Phi) is 3.41. The second-order valence-electron chi connectivity index (χ2n) is 5.84. The van der Waals surface area contributed by atoms with Gasteiger partial charge in [-0.2, -0.15) is 14.3 Å². The van der Waals surface area contributed by atoms with Gasteiger partial charge in [0.15, 0.2) is 11.8 Å². The zero-order valence-corrected chi connectivity index (χ0v) is 13.2. The van der Waals surface area contributed by atoms with Gasteiger partial charge in [0.1, 0.15) is 11.8 Å². The van der Waals surface area contributed by atoms with Crippen LogP contribution >= 0.6 is 11.8 Å². The largest absolute Gasteiger partial charge is 0.501 e. The van der Waals surface area contributed by atoms with Crippen molar-refractivity contribution < 1.29 is 19.0 Å². The lowest BCUT2D eigenvalue weighted by atomic mass is 10.1. The topological polar surface area (TPSA) is 57.5 Å². The number of thioether (sulfide) groups is 1. The zero-order valence-electron chi connectivity index (χ0n) is 12.3. The summed E-state index contributed by atoms with van der Waals surface area (Å²) in [5.74, 6) is -0.272. The fraction of sp³-hybridized carbons (Fsp3) is 0.294. The van der Waals surface area contributed by atoms with Crippen molar-refractivity contribution in [1.29, 1.82) is 0 Å². The van der Waals surface area contributed by atoms with Gasteiger partial charge < -0.3 is 0 Å². The van der Waals surface area contributed by atoms with Gasteiger partial charge in [-0.25, -0.2) is 4.79 Å². The first-order chi connectivity index (χ1) is 11.2. The highest BCUT2D eigenvalue weighted by atomic mass is 32.2. The first-order valence-corrected chi connectivity index (χ1v) is 8.53. The molecule has 1 aromatic carbocycles. The first kappa shape index (κ1) is 14.4. The summed E-state index contributed by atoms with van der Waals surface area (Å²) in [7, 11) is 0. The predicted molar refractivity (Wildman–Crippen MR) is 86.7 cm³/mol. The highest BCUT2D eigenvalue weighted by Gasteiger charge is 2.55. The molecule has 0 N–H and O–H groups in total. The third-order valence-corrected chi connectivity index (χ3v) is 5.25. The maximum atomic E-state index is 12.7. The number of hydrogen-bond donors (Lipinski definition) is 0. The molecule has 1 aromatic rings. The van der Waals surface area contributed by atoms with Gasteiger partial charge in [0.25, 0.3) is 0 Å². The van der Waals surface area contributed by atoms with Gasteiger partial charge in [0.05, 0.1) is 0 Å². The van der Waals surface area contributed by atoms with Crippen LogP contribution in [0.4, 0.5) is 4.79 Å². The molecule has 0 spiro atoms. The van der Waals surface area contributed by atoms with E-state index in [1.807, 2.05) is 11.5 Å². The summed E-state index contributed by atoms with van der Waals surface area (Å²) in [4.78, 5) is 39.1. The Bertz CT molecular complexity index is 765. The summed E-state index contributed by atoms with van der Waals surface area (Å²) in [5, 5.41) is 1.43. The van der Waals surface area contributed by atoms with E-state index in [2.05, 4.69) is 0 Å². The van der Waals surface area contributed by atoms with Crippen molar-refractivity contribution in [1.82, 2.24) is 4.90 Å². The minimum atomic E-state index is -0.392. The molecule has 1 atom stereocenters. The number of Topliss-reactive ketones (excluding diaryl/α,β-unsaturated/α-hetero) is 1. The predicted octanol–water partition coefficient (Wildman–Crippen LogP) is 2.08. The van der Waals surface area contributed by atoms with Gasteiger partial charge in [-0.05, 0) is 24.3 Å². The third kappa shape index (κ3) is 2.43. The number of allylic oxidation sites excluding steroid dienone is 1. The first-order valence-electron chi connectivity index (χ1n) is 7.58. The molecule has 1 unspecified atom stereocenters. The highest BCUT2D eigenvalue weighted by Crippen LogP contribution is 2.34. The molecule has 0 saturated heterocycles. The maximum Gasteiger partial charge on any atom is 0.501 e. The Hall–Kier alpha value is -2.21. The van der Waals surface area contributed by atoms with Crippen LogP contribution in [0.2, 0.25) is 0 Å². The zero-order chi connectivity index (χ0) is 16.0. The monoisotopic (exact) mass is 327 g/mol. The Morgan fingerprint density at radius 1 is 1.22 bits per heavy atom. The lowest BCUT2D eigenvalue weighted by Crippen LogP contribution is -2.56. The molecular weight excluding hydrogens is 312 g/mol. The average molecular weight is 327 g/mol. The molecular formula is C17H15N2O3S+. The molecule has 1 aliphatic carbocycles. The highest BCUT2D eigenvalue weighted by molar-refractivity contribution is 8.04. The van der Waals surface area contributed by atoms with Crippen molar-refractivity contribution in [2.24, 2.45) is 0 Å². The maximum absolute atomic E-state index is 12.7.